The number of carbonyl (C=O) groups is 1. The third-order valence-electron chi connectivity index (χ3n) is 5.22. The summed E-state index contributed by atoms with van der Waals surface area (Å²) in [5.41, 5.74) is 0.902. The summed E-state index contributed by atoms with van der Waals surface area (Å²) in [6.45, 7) is 2.20. The van der Waals surface area contributed by atoms with Crippen molar-refractivity contribution in [2.75, 3.05) is 26.0 Å². The van der Waals surface area contributed by atoms with Gasteiger partial charge in [0.15, 0.2) is 11.0 Å². The SMILES string of the molecule is COc1cccc(-c2nnc(SCC(=O)N3CCCCCC3)n2Cc2ccco2)c1. The molecule has 158 valence electrons. The molecule has 4 rings (SSSR count). The molecule has 0 aliphatic carbocycles. The van der Waals surface area contributed by atoms with E-state index in [0.29, 0.717) is 17.5 Å². The highest BCUT2D eigenvalue weighted by Crippen LogP contribution is 2.28. The van der Waals surface area contributed by atoms with Crippen LogP contribution in [0.25, 0.3) is 11.4 Å². The molecule has 0 radical (unpaired) electrons. The molecule has 7 nitrogen and oxygen atoms in total. The molecular formula is C22H26N4O3S. The van der Waals surface area contributed by atoms with Gasteiger partial charge in [-0.1, -0.05) is 36.7 Å². The van der Waals surface area contributed by atoms with Crippen LogP contribution in [0.5, 0.6) is 5.75 Å². The summed E-state index contributed by atoms with van der Waals surface area (Å²) >= 11 is 1.43. The van der Waals surface area contributed by atoms with Gasteiger partial charge in [-0.25, -0.2) is 0 Å². The molecule has 2 aromatic heterocycles. The number of amides is 1. The number of benzene rings is 1. The van der Waals surface area contributed by atoms with Crippen LogP contribution >= 0.6 is 11.8 Å². The lowest BCUT2D eigenvalue weighted by Gasteiger charge is -2.19. The first-order chi connectivity index (χ1) is 14.7. The Morgan fingerprint density at radius 3 is 2.70 bits per heavy atom. The van der Waals surface area contributed by atoms with Gasteiger partial charge in [0.1, 0.15) is 11.5 Å². The number of thioether (sulfide) groups is 1. The maximum atomic E-state index is 12.7. The van der Waals surface area contributed by atoms with Crippen molar-refractivity contribution in [3.05, 3.63) is 48.4 Å². The maximum absolute atomic E-state index is 12.7. The minimum Gasteiger partial charge on any atom is -0.497 e. The number of rotatable bonds is 7. The molecule has 0 atom stereocenters. The number of aromatic nitrogens is 3. The quantitative estimate of drug-likeness (QED) is 0.530. The van der Waals surface area contributed by atoms with Crippen molar-refractivity contribution in [2.45, 2.75) is 37.4 Å². The van der Waals surface area contributed by atoms with E-state index in [9.17, 15) is 4.79 Å². The normalized spacial score (nSPS) is 14.5. The van der Waals surface area contributed by atoms with Crippen LogP contribution in [0.2, 0.25) is 0 Å². The summed E-state index contributed by atoms with van der Waals surface area (Å²) in [6, 6.07) is 11.5. The maximum Gasteiger partial charge on any atom is 0.233 e. The molecule has 0 unspecified atom stereocenters. The van der Waals surface area contributed by atoms with E-state index >= 15 is 0 Å². The summed E-state index contributed by atoms with van der Waals surface area (Å²) in [6.07, 6.45) is 6.24. The number of likely N-dealkylation sites (tertiary alicyclic amines) is 1. The summed E-state index contributed by atoms with van der Waals surface area (Å²) in [7, 11) is 1.64. The minimum atomic E-state index is 0.164. The molecule has 3 aromatic rings. The average molecular weight is 427 g/mol. The van der Waals surface area contributed by atoms with Crippen molar-refractivity contribution in [3.8, 4) is 17.1 Å². The highest BCUT2D eigenvalue weighted by molar-refractivity contribution is 7.99. The fourth-order valence-corrected chi connectivity index (χ4v) is 4.45. The summed E-state index contributed by atoms with van der Waals surface area (Å²) < 4.78 is 12.9. The van der Waals surface area contributed by atoms with Gasteiger partial charge in [-0.3, -0.25) is 9.36 Å². The van der Waals surface area contributed by atoms with Crippen molar-refractivity contribution >= 4 is 17.7 Å². The molecule has 1 aliphatic heterocycles. The smallest absolute Gasteiger partial charge is 0.233 e. The van der Waals surface area contributed by atoms with Crippen molar-refractivity contribution in [2.24, 2.45) is 0 Å². The van der Waals surface area contributed by atoms with Crippen LogP contribution < -0.4 is 4.74 Å². The summed E-state index contributed by atoms with van der Waals surface area (Å²) in [5, 5.41) is 9.51. The molecule has 1 saturated heterocycles. The minimum absolute atomic E-state index is 0.164. The summed E-state index contributed by atoms with van der Waals surface area (Å²) in [5.74, 6) is 2.80. The molecule has 1 fully saturated rings. The topological polar surface area (TPSA) is 73.4 Å². The monoisotopic (exact) mass is 426 g/mol. The number of carbonyl (C=O) groups excluding carboxylic acids is 1. The largest absolute Gasteiger partial charge is 0.497 e. The highest BCUT2D eigenvalue weighted by atomic mass is 32.2. The number of hydrogen-bond donors (Lipinski definition) is 0. The van der Waals surface area contributed by atoms with Crippen LogP contribution in [-0.4, -0.2) is 51.5 Å². The van der Waals surface area contributed by atoms with Gasteiger partial charge < -0.3 is 14.1 Å². The van der Waals surface area contributed by atoms with E-state index < -0.39 is 0 Å². The summed E-state index contributed by atoms with van der Waals surface area (Å²) in [4.78, 5) is 14.7. The van der Waals surface area contributed by atoms with Gasteiger partial charge in [-0.15, -0.1) is 10.2 Å². The predicted molar refractivity (Wildman–Crippen MR) is 116 cm³/mol. The van der Waals surface area contributed by atoms with Gasteiger partial charge in [-0.05, 0) is 37.1 Å². The Kier molecular flexibility index (Phi) is 6.74. The van der Waals surface area contributed by atoms with E-state index in [4.69, 9.17) is 9.15 Å². The van der Waals surface area contributed by atoms with Crippen LogP contribution in [0.15, 0.2) is 52.2 Å². The number of furan rings is 1. The molecule has 0 spiro atoms. The van der Waals surface area contributed by atoms with E-state index in [0.717, 1.165) is 48.8 Å². The number of ether oxygens (including phenoxy) is 1. The second kappa shape index (κ2) is 9.84. The van der Waals surface area contributed by atoms with Crippen molar-refractivity contribution < 1.29 is 13.9 Å². The molecule has 1 aromatic carbocycles. The zero-order valence-corrected chi connectivity index (χ0v) is 17.9. The lowest BCUT2D eigenvalue weighted by Crippen LogP contribution is -2.33. The van der Waals surface area contributed by atoms with Crippen LogP contribution in [0.1, 0.15) is 31.4 Å². The van der Waals surface area contributed by atoms with Gasteiger partial charge in [0.25, 0.3) is 0 Å². The highest BCUT2D eigenvalue weighted by Gasteiger charge is 2.20. The van der Waals surface area contributed by atoms with Gasteiger partial charge in [-0.2, -0.15) is 0 Å². The first-order valence-electron chi connectivity index (χ1n) is 10.2. The predicted octanol–water partition coefficient (Wildman–Crippen LogP) is 4.09. The first kappa shape index (κ1) is 20.5. The molecule has 0 N–H and O–H groups in total. The van der Waals surface area contributed by atoms with Crippen LogP contribution in [0.4, 0.5) is 0 Å². The Morgan fingerprint density at radius 1 is 1.13 bits per heavy atom. The molecular weight excluding hydrogens is 400 g/mol. The lowest BCUT2D eigenvalue weighted by atomic mass is 10.2. The van der Waals surface area contributed by atoms with E-state index in [1.165, 1.54) is 24.6 Å². The lowest BCUT2D eigenvalue weighted by molar-refractivity contribution is -0.128. The molecule has 30 heavy (non-hydrogen) atoms. The van der Waals surface area contributed by atoms with Crippen LogP contribution in [0.3, 0.4) is 0 Å². The molecule has 0 bridgehead atoms. The Balaban J connectivity index is 1.56. The molecule has 0 saturated carbocycles. The van der Waals surface area contributed by atoms with Gasteiger partial charge in [0.2, 0.25) is 5.91 Å². The Hall–Kier alpha value is -2.74. The average Bonchev–Trinajstić information content (AvgIpc) is 3.34. The van der Waals surface area contributed by atoms with Crippen molar-refractivity contribution in [1.82, 2.24) is 19.7 Å². The zero-order chi connectivity index (χ0) is 20.8. The number of hydrogen-bond acceptors (Lipinski definition) is 6. The zero-order valence-electron chi connectivity index (χ0n) is 17.1. The standard InChI is InChI=1S/C22H26N4O3S/c1-28-18-9-6-8-17(14-18)21-23-24-22(26(21)15-19-10-7-13-29-19)30-16-20(27)25-11-4-2-3-5-12-25/h6-10,13-14H,2-5,11-12,15-16H2,1H3. The Morgan fingerprint density at radius 2 is 1.97 bits per heavy atom. The fraction of sp³-hybridized carbons (Fsp3) is 0.409. The van der Waals surface area contributed by atoms with Gasteiger partial charge in [0, 0.05) is 18.7 Å². The van der Waals surface area contributed by atoms with E-state index in [2.05, 4.69) is 10.2 Å². The molecule has 1 amide bonds. The second-order valence-corrected chi connectivity index (χ2v) is 8.23. The number of methoxy groups -OCH3 is 1. The number of nitrogens with zero attached hydrogens (tertiary/aromatic N) is 4. The van der Waals surface area contributed by atoms with E-state index in [-0.39, 0.29) is 5.91 Å². The van der Waals surface area contributed by atoms with Crippen molar-refractivity contribution in [3.63, 3.8) is 0 Å². The second-order valence-electron chi connectivity index (χ2n) is 7.29. The van der Waals surface area contributed by atoms with E-state index in [1.807, 2.05) is 45.9 Å². The van der Waals surface area contributed by atoms with Crippen molar-refractivity contribution in [1.29, 1.82) is 0 Å². The van der Waals surface area contributed by atoms with E-state index in [1.54, 1.807) is 13.4 Å². The Labute approximate surface area is 180 Å². The van der Waals surface area contributed by atoms with Crippen LogP contribution in [0, 0.1) is 0 Å². The fourth-order valence-electron chi connectivity index (χ4n) is 3.61. The third-order valence-corrected chi connectivity index (χ3v) is 6.17. The van der Waals surface area contributed by atoms with Gasteiger partial charge >= 0.3 is 0 Å². The Bertz CT molecular complexity index is 963. The molecule has 1 aliphatic rings. The third kappa shape index (κ3) is 4.87. The van der Waals surface area contributed by atoms with Gasteiger partial charge in [0.05, 0.1) is 25.7 Å². The van der Waals surface area contributed by atoms with Crippen LogP contribution in [-0.2, 0) is 11.3 Å². The first-order valence-corrected chi connectivity index (χ1v) is 11.2. The molecule has 8 heteroatoms. The molecule has 3 heterocycles.